The summed E-state index contributed by atoms with van der Waals surface area (Å²) in [7, 11) is 0. The molecule has 0 radical (unpaired) electrons. The molecule has 2 amide bonds. The molecule has 1 saturated heterocycles. The number of hydrogen-bond acceptors (Lipinski definition) is 4. The second-order valence-electron chi connectivity index (χ2n) is 7.29. The lowest BCUT2D eigenvalue weighted by Gasteiger charge is -2.28. The number of benzene rings is 1. The SMILES string of the molecule is CCC(C)NC(=O)c1cncc(C(=O)Nc2ccc(N3CCCCC3)cc2)c1. The van der Waals surface area contributed by atoms with Crippen molar-refractivity contribution < 1.29 is 9.59 Å². The quantitative estimate of drug-likeness (QED) is 0.798. The molecule has 0 aliphatic carbocycles. The van der Waals surface area contributed by atoms with Gasteiger partial charge in [-0.2, -0.15) is 0 Å². The summed E-state index contributed by atoms with van der Waals surface area (Å²) in [6.45, 7) is 6.12. The molecule has 2 N–H and O–H groups in total. The molecule has 148 valence electrons. The number of nitrogens with zero attached hydrogens (tertiary/aromatic N) is 2. The van der Waals surface area contributed by atoms with Gasteiger partial charge in [-0.3, -0.25) is 14.6 Å². The van der Waals surface area contributed by atoms with E-state index in [0.29, 0.717) is 11.1 Å². The van der Waals surface area contributed by atoms with Crippen LogP contribution < -0.4 is 15.5 Å². The molecule has 2 aromatic rings. The summed E-state index contributed by atoms with van der Waals surface area (Å²) in [4.78, 5) is 31.2. The molecule has 1 aromatic carbocycles. The molecule has 6 nitrogen and oxygen atoms in total. The first-order chi connectivity index (χ1) is 13.6. The Morgan fingerprint density at radius 3 is 2.32 bits per heavy atom. The number of piperidine rings is 1. The number of amides is 2. The van der Waals surface area contributed by atoms with Gasteiger partial charge in [0.2, 0.25) is 0 Å². The summed E-state index contributed by atoms with van der Waals surface area (Å²) in [5, 5.41) is 5.76. The fraction of sp³-hybridized carbons (Fsp3) is 0.409. The third-order valence-electron chi connectivity index (χ3n) is 5.10. The lowest BCUT2D eigenvalue weighted by Crippen LogP contribution is -2.32. The van der Waals surface area contributed by atoms with E-state index in [2.05, 4.69) is 20.5 Å². The van der Waals surface area contributed by atoms with Crippen molar-refractivity contribution in [2.24, 2.45) is 0 Å². The van der Waals surface area contributed by atoms with Gasteiger partial charge in [-0.25, -0.2) is 0 Å². The molecule has 6 heteroatoms. The first-order valence-electron chi connectivity index (χ1n) is 9.99. The number of anilines is 2. The van der Waals surface area contributed by atoms with E-state index < -0.39 is 0 Å². The molecular weight excluding hydrogens is 352 g/mol. The van der Waals surface area contributed by atoms with Crippen molar-refractivity contribution in [3.05, 3.63) is 53.9 Å². The molecule has 0 bridgehead atoms. The Labute approximate surface area is 166 Å². The monoisotopic (exact) mass is 380 g/mol. The van der Waals surface area contributed by atoms with Crippen LogP contribution in [0.3, 0.4) is 0 Å². The molecule has 1 unspecified atom stereocenters. The molecule has 2 heterocycles. The summed E-state index contributed by atoms with van der Waals surface area (Å²) in [5.74, 6) is -0.501. The van der Waals surface area contributed by atoms with Crippen molar-refractivity contribution in [3.8, 4) is 0 Å². The van der Waals surface area contributed by atoms with Gasteiger partial charge >= 0.3 is 0 Å². The number of pyridine rings is 1. The van der Waals surface area contributed by atoms with Crippen LogP contribution in [0.5, 0.6) is 0 Å². The van der Waals surface area contributed by atoms with Crippen LogP contribution in [0.2, 0.25) is 0 Å². The number of carbonyl (C=O) groups excluding carboxylic acids is 2. The summed E-state index contributed by atoms with van der Waals surface area (Å²) < 4.78 is 0. The Hall–Kier alpha value is -2.89. The van der Waals surface area contributed by atoms with Gasteiger partial charge < -0.3 is 15.5 Å². The highest BCUT2D eigenvalue weighted by molar-refractivity contribution is 6.05. The van der Waals surface area contributed by atoms with E-state index in [-0.39, 0.29) is 17.9 Å². The van der Waals surface area contributed by atoms with E-state index in [0.717, 1.165) is 25.2 Å². The maximum absolute atomic E-state index is 12.6. The van der Waals surface area contributed by atoms with Crippen LogP contribution >= 0.6 is 0 Å². The molecule has 3 rings (SSSR count). The zero-order valence-corrected chi connectivity index (χ0v) is 16.6. The Bertz CT molecular complexity index is 814. The predicted molar refractivity (Wildman–Crippen MR) is 112 cm³/mol. The van der Waals surface area contributed by atoms with E-state index in [1.54, 1.807) is 6.07 Å². The number of carbonyl (C=O) groups is 2. The normalized spacial score (nSPS) is 15.0. The lowest BCUT2D eigenvalue weighted by molar-refractivity contribution is 0.0939. The van der Waals surface area contributed by atoms with Crippen molar-refractivity contribution in [3.63, 3.8) is 0 Å². The smallest absolute Gasteiger partial charge is 0.257 e. The minimum absolute atomic E-state index is 0.0726. The van der Waals surface area contributed by atoms with Crippen LogP contribution in [0.4, 0.5) is 11.4 Å². The van der Waals surface area contributed by atoms with E-state index >= 15 is 0 Å². The molecule has 0 saturated carbocycles. The number of rotatable bonds is 6. The van der Waals surface area contributed by atoms with E-state index in [9.17, 15) is 9.59 Å². The molecule has 1 aliphatic rings. The van der Waals surface area contributed by atoms with Crippen molar-refractivity contribution >= 4 is 23.2 Å². The Balaban J connectivity index is 1.64. The topological polar surface area (TPSA) is 74.3 Å². The minimum atomic E-state index is -0.281. The van der Waals surface area contributed by atoms with E-state index in [4.69, 9.17) is 0 Å². The van der Waals surface area contributed by atoms with Gasteiger partial charge in [-0.15, -0.1) is 0 Å². The molecule has 1 aromatic heterocycles. The van der Waals surface area contributed by atoms with Gasteiger partial charge in [-0.1, -0.05) is 6.92 Å². The van der Waals surface area contributed by atoms with E-state index in [1.807, 2.05) is 38.1 Å². The third-order valence-corrected chi connectivity index (χ3v) is 5.10. The Kier molecular flexibility index (Phi) is 6.63. The molecule has 28 heavy (non-hydrogen) atoms. The van der Waals surface area contributed by atoms with Crippen LogP contribution in [-0.2, 0) is 0 Å². The first-order valence-corrected chi connectivity index (χ1v) is 9.99. The van der Waals surface area contributed by atoms with Crippen molar-refractivity contribution in [2.45, 2.75) is 45.6 Å². The Morgan fingerprint density at radius 1 is 1.04 bits per heavy atom. The highest BCUT2D eigenvalue weighted by atomic mass is 16.2. The Morgan fingerprint density at radius 2 is 1.68 bits per heavy atom. The average Bonchev–Trinajstić information content (AvgIpc) is 2.74. The first kappa shape index (κ1) is 19.9. The minimum Gasteiger partial charge on any atom is -0.372 e. The predicted octanol–water partition coefficient (Wildman–Crippen LogP) is 3.85. The largest absolute Gasteiger partial charge is 0.372 e. The third kappa shape index (κ3) is 5.09. The zero-order valence-electron chi connectivity index (χ0n) is 16.6. The number of hydrogen-bond donors (Lipinski definition) is 2. The molecular formula is C22H28N4O2. The standard InChI is InChI=1S/C22H28N4O2/c1-3-16(2)24-21(27)17-13-18(15-23-14-17)22(28)25-19-7-9-20(10-8-19)26-11-5-4-6-12-26/h7-10,13-16H,3-6,11-12H2,1-2H3,(H,24,27)(H,25,28). The highest BCUT2D eigenvalue weighted by Crippen LogP contribution is 2.22. The molecule has 1 fully saturated rings. The lowest BCUT2D eigenvalue weighted by atomic mass is 10.1. The van der Waals surface area contributed by atoms with Crippen LogP contribution in [0.1, 0.15) is 60.2 Å². The number of aromatic nitrogens is 1. The maximum Gasteiger partial charge on any atom is 0.257 e. The van der Waals surface area contributed by atoms with Crippen LogP contribution in [-0.4, -0.2) is 35.9 Å². The van der Waals surface area contributed by atoms with Gasteiger partial charge in [-0.05, 0) is 62.9 Å². The zero-order chi connectivity index (χ0) is 19.9. The van der Waals surface area contributed by atoms with Crippen molar-refractivity contribution in [2.75, 3.05) is 23.3 Å². The van der Waals surface area contributed by atoms with E-state index in [1.165, 1.54) is 37.3 Å². The van der Waals surface area contributed by atoms with Crippen LogP contribution in [0, 0.1) is 0 Å². The average molecular weight is 380 g/mol. The fourth-order valence-electron chi connectivity index (χ4n) is 3.21. The number of nitrogens with one attached hydrogen (secondary N) is 2. The van der Waals surface area contributed by atoms with Gasteiger partial charge in [0, 0.05) is 42.9 Å². The summed E-state index contributed by atoms with van der Waals surface area (Å²) in [5.41, 5.74) is 2.65. The van der Waals surface area contributed by atoms with Gasteiger partial charge in [0.05, 0.1) is 11.1 Å². The summed E-state index contributed by atoms with van der Waals surface area (Å²) in [6.07, 6.45) is 7.54. The molecule has 1 atom stereocenters. The second kappa shape index (κ2) is 9.35. The maximum atomic E-state index is 12.6. The summed E-state index contributed by atoms with van der Waals surface area (Å²) in [6, 6.07) is 9.54. The highest BCUT2D eigenvalue weighted by Gasteiger charge is 2.14. The fourth-order valence-corrected chi connectivity index (χ4v) is 3.21. The van der Waals surface area contributed by atoms with Crippen molar-refractivity contribution in [1.29, 1.82) is 0 Å². The summed E-state index contributed by atoms with van der Waals surface area (Å²) >= 11 is 0. The molecule has 1 aliphatic heterocycles. The second-order valence-corrected chi connectivity index (χ2v) is 7.29. The van der Waals surface area contributed by atoms with Gasteiger partial charge in [0.1, 0.15) is 0 Å². The molecule has 0 spiro atoms. The van der Waals surface area contributed by atoms with Gasteiger partial charge in [0.15, 0.2) is 0 Å². The van der Waals surface area contributed by atoms with Crippen LogP contribution in [0.25, 0.3) is 0 Å². The van der Waals surface area contributed by atoms with Gasteiger partial charge in [0.25, 0.3) is 11.8 Å². The van der Waals surface area contributed by atoms with Crippen molar-refractivity contribution in [1.82, 2.24) is 10.3 Å². The van der Waals surface area contributed by atoms with Crippen LogP contribution in [0.15, 0.2) is 42.7 Å².